The van der Waals surface area contributed by atoms with Gasteiger partial charge in [0.1, 0.15) is 0 Å². The van der Waals surface area contributed by atoms with Crippen LogP contribution in [0.25, 0.3) is 0 Å². The molecule has 0 atom stereocenters. The monoisotopic (exact) mass is 311 g/mol. The summed E-state index contributed by atoms with van der Waals surface area (Å²) in [7, 11) is 0. The molecule has 0 radical (unpaired) electrons. The van der Waals surface area contributed by atoms with E-state index in [9.17, 15) is 0 Å². The average molecular weight is 312 g/mol. The molecule has 0 spiro atoms. The van der Waals surface area contributed by atoms with Gasteiger partial charge in [0.25, 0.3) is 0 Å². The van der Waals surface area contributed by atoms with Crippen molar-refractivity contribution < 1.29 is 0 Å². The van der Waals surface area contributed by atoms with Gasteiger partial charge >= 0.3 is 0 Å². The minimum atomic E-state index is 0. The number of allylic oxidation sites excluding steroid dienone is 3. The summed E-state index contributed by atoms with van der Waals surface area (Å²) in [4.78, 5) is 2.40. The smallest absolute Gasteiger partial charge is 0.0362 e. The van der Waals surface area contributed by atoms with Gasteiger partial charge in [-0.3, -0.25) is 0 Å². The molecule has 2 heteroatoms. The Morgan fingerprint density at radius 1 is 1.00 bits per heavy atom. The molecule has 0 fully saturated rings. The van der Waals surface area contributed by atoms with Crippen molar-refractivity contribution in [3.8, 4) is 0 Å². The lowest BCUT2D eigenvalue weighted by molar-refractivity contribution is 0.391. The maximum Gasteiger partial charge on any atom is 0.0362 e. The Morgan fingerprint density at radius 2 is 1.57 bits per heavy atom. The second kappa shape index (κ2) is 14.3. The zero-order valence-corrected chi connectivity index (χ0v) is 14.7. The lowest BCUT2D eigenvalue weighted by atomic mass is 10.1. The van der Waals surface area contributed by atoms with Crippen LogP contribution in [0.2, 0.25) is 0 Å². The number of unbranched alkanes of at least 4 members (excludes halogenated alkanes) is 9. The lowest BCUT2D eigenvalue weighted by Crippen LogP contribution is -2.20. The molecular formula is C19H34ClN. The molecule has 1 aliphatic heterocycles. The third kappa shape index (κ3) is 10.6. The van der Waals surface area contributed by atoms with Crippen LogP contribution < -0.4 is 0 Å². The second-order valence-corrected chi connectivity index (χ2v) is 5.90. The highest BCUT2D eigenvalue weighted by atomic mass is 35.5. The van der Waals surface area contributed by atoms with Gasteiger partial charge in [0.05, 0.1) is 0 Å². The molecule has 0 saturated heterocycles. The van der Waals surface area contributed by atoms with Crippen LogP contribution in [0.3, 0.4) is 0 Å². The summed E-state index contributed by atoms with van der Waals surface area (Å²) in [6.45, 7) is 8.34. The summed E-state index contributed by atoms with van der Waals surface area (Å²) in [6.07, 6.45) is 22.7. The first kappa shape index (κ1) is 20.3. The van der Waals surface area contributed by atoms with E-state index in [-0.39, 0.29) is 12.4 Å². The summed E-state index contributed by atoms with van der Waals surface area (Å²) in [6, 6.07) is 0. The molecule has 1 aliphatic rings. The largest absolute Gasteiger partial charge is 0.374 e. The fourth-order valence-corrected chi connectivity index (χ4v) is 2.66. The van der Waals surface area contributed by atoms with Gasteiger partial charge in [0.15, 0.2) is 0 Å². The number of hydrogen-bond acceptors (Lipinski definition) is 1. The third-order valence-corrected chi connectivity index (χ3v) is 4.07. The van der Waals surface area contributed by atoms with Crippen molar-refractivity contribution in [2.75, 3.05) is 13.1 Å². The summed E-state index contributed by atoms with van der Waals surface area (Å²) in [5.41, 5.74) is 1.25. The summed E-state index contributed by atoms with van der Waals surface area (Å²) in [5, 5.41) is 0. The van der Waals surface area contributed by atoms with E-state index in [4.69, 9.17) is 0 Å². The van der Waals surface area contributed by atoms with Crippen LogP contribution in [0.15, 0.2) is 36.6 Å². The number of halogens is 1. The Bertz CT molecular complexity index is 307. The standard InChI is InChI=1S/C19H33N.ClH/c1-3-5-6-7-8-9-10-11-12-13-16-20-17-14-19(4-2)15-18-20;/h4,14-15,17H,2-3,5-13,16,18H2,1H3;1H. The normalized spacial score (nSPS) is 13.8. The predicted molar refractivity (Wildman–Crippen MR) is 98.1 cm³/mol. The molecule has 0 bridgehead atoms. The maximum atomic E-state index is 3.80. The molecule has 1 heterocycles. The van der Waals surface area contributed by atoms with Crippen molar-refractivity contribution in [3.63, 3.8) is 0 Å². The highest BCUT2D eigenvalue weighted by Gasteiger charge is 2.02. The number of nitrogens with zero attached hydrogens (tertiary/aromatic N) is 1. The zero-order valence-electron chi connectivity index (χ0n) is 13.9. The number of rotatable bonds is 12. The quantitative estimate of drug-likeness (QED) is 0.384. The minimum absolute atomic E-state index is 0. The molecular weight excluding hydrogens is 278 g/mol. The van der Waals surface area contributed by atoms with Gasteiger partial charge in [0.2, 0.25) is 0 Å². The molecule has 0 aliphatic carbocycles. The van der Waals surface area contributed by atoms with E-state index < -0.39 is 0 Å². The Balaban J connectivity index is 0.00000400. The van der Waals surface area contributed by atoms with Gasteiger partial charge in [-0.25, -0.2) is 0 Å². The van der Waals surface area contributed by atoms with E-state index in [2.05, 4.69) is 36.8 Å². The van der Waals surface area contributed by atoms with Crippen LogP contribution in [-0.2, 0) is 0 Å². The molecule has 0 N–H and O–H groups in total. The van der Waals surface area contributed by atoms with E-state index in [0.717, 1.165) is 6.54 Å². The van der Waals surface area contributed by atoms with E-state index in [1.54, 1.807) is 0 Å². The second-order valence-electron chi connectivity index (χ2n) is 5.90. The first-order chi connectivity index (χ1) is 9.86. The van der Waals surface area contributed by atoms with Crippen LogP contribution >= 0.6 is 12.4 Å². The highest BCUT2D eigenvalue weighted by molar-refractivity contribution is 5.85. The van der Waals surface area contributed by atoms with Gasteiger partial charge < -0.3 is 4.90 Å². The molecule has 0 aromatic rings. The van der Waals surface area contributed by atoms with E-state index in [1.807, 2.05) is 6.08 Å². The molecule has 1 nitrogen and oxygen atoms in total. The van der Waals surface area contributed by atoms with Crippen molar-refractivity contribution in [2.45, 2.75) is 71.1 Å². The van der Waals surface area contributed by atoms with Crippen molar-refractivity contribution >= 4 is 12.4 Å². The third-order valence-electron chi connectivity index (χ3n) is 4.07. The van der Waals surface area contributed by atoms with Crippen LogP contribution in [-0.4, -0.2) is 18.0 Å². The molecule has 0 amide bonds. The van der Waals surface area contributed by atoms with Gasteiger partial charge in [-0.2, -0.15) is 0 Å². The van der Waals surface area contributed by atoms with Crippen LogP contribution in [0.5, 0.6) is 0 Å². The molecule has 0 unspecified atom stereocenters. The van der Waals surface area contributed by atoms with Gasteiger partial charge in [-0.05, 0) is 24.3 Å². The van der Waals surface area contributed by atoms with E-state index in [1.165, 1.54) is 76.3 Å². The SMILES string of the molecule is C=CC1=CCN(CCCCCCCCCCCC)C=C1.Cl. The minimum Gasteiger partial charge on any atom is -0.374 e. The number of hydrogen-bond donors (Lipinski definition) is 0. The molecule has 21 heavy (non-hydrogen) atoms. The first-order valence-electron chi connectivity index (χ1n) is 8.61. The Kier molecular flexibility index (Phi) is 13.8. The topological polar surface area (TPSA) is 3.24 Å². The molecule has 0 aromatic carbocycles. The molecule has 0 aromatic heterocycles. The Hall–Kier alpha value is -0.690. The Labute approximate surface area is 138 Å². The van der Waals surface area contributed by atoms with Crippen LogP contribution in [0.4, 0.5) is 0 Å². The summed E-state index contributed by atoms with van der Waals surface area (Å²) < 4.78 is 0. The van der Waals surface area contributed by atoms with Crippen molar-refractivity contribution in [1.29, 1.82) is 0 Å². The fourth-order valence-electron chi connectivity index (χ4n) is 2.66. The van der Waals surface area contributed by atoms with E-state index in [0.29, 0.717) is 0 Å². The van der Waals surface area contributed by atoms with Gasteiger partial charge in [0, 0.05) is 13.1 Å². The zero-order chi connectivity index (χ0) is 14.5. The van der Waals surface area contributed by atoms with E-state index >= 15 is 0 Å². The fraction of sp³-hybridized carbons (Fsp3) is 0.684. The molecule has 122 valence electrons. The first-order valence-corrected chi connectivity index (χ1v) is 8.61. The van der Waals surface area contributed by atoms with Gasteiger partial charge in [-0.1, -0.05) is 83.4 Å². The maximum absolute atomic E-state index is 3.80. The van der Waals surface area contributed by atoms with Gasteiger partial charge in [-0.15, -0.1) is 12.4 Å². The lowest BCUT2D eigenvalue weighted by Gasteiger charge is -2.21. The van der Waals surface area contributed by atoms with Crippen molar-refractivity contribution in [1.82, 2.24) is 4.90 Å². The summed E-state index contributed by atoms with van der Waals surface area (Å²) >= 11 is 0. The molecule has 0 saturated carbocycles. The van der Waals surface area contributed by atoms with Crippen LogP contribution in [0.1, 0.15) is 71.1 Å². The predicted octanol–water partition coefficient (Wildman–Crippen LogP) is 6.27. The Morgan fingerprint density at radius 3 is 2.05 bits per heavy atom. The molecule has 1 rings (SSSR count). The average Bonchev–Trinajstić information content (AvgIpc) is 2.50. The summed E-state index contributed by atoms with van der Waals surface area (Å²) in [5.74, 6) is 0. The van der Waals surface area contributed by atoms with Crippen molar-refractivity contribution in [3.05, 3.63) is 36.6 Å². The van der Waals surface area contributed by atoms with Crippen LogP contribution in [0, 0.1) is 0 Å². The van der Waals surface area contributed by atoms with Crippen molar-refractivity contribution in [2.24, 2.45) is 0 Å². The highest BCUT2D eigenvalue weighted by Crippen LogP contribution is 2.12.